The standard InChI is InChI=1S/C22H18Cl2N2O5S/c1-26(17-7-4-6-16(23)13-17)32(29,30)18-8-3-5-14(11-18)21(27)25-20-12-15(22(28)31-2)9-10-19(20)24/h3-13H,1-2H3,(H,25,27). The predicted molar refractivity (Wildman–Crippen MR) is 124 cm³/mol. The van der Waals surface area contributed by atoms with Gasteiger partial charge in [0.25, 0.3) is 15.9 Å². The summed E-state index contributed by atoms with van der Waals surface area (Å²) < 4.78 is 31.9. The molecule has 0 unspecified atom stereocenters. The number of sulfonamides is 1. The van der Waals surface area contributed by atoms with Crippen molar-refractivity contribution in [3.63, 3.8) is 0 Å². The van der Waals surface area contributed by atoms with Gasteiger partial charge in [-0.05, 0) is 54.6 Å². The predicted octanol–water partition coefficient (Wildman–Crippen LogP) is 4.86. The fourth-order valence-electron chi connectivity index (χ4n) is 2.83. The number of carbonyl (C=O) groups excluding carboxylic acids is 2. The molecule has 0 aromatic heterocycles. The first-order valence-electron chi connectivity index (χ1n) is 9.17. The zero-order chi connectivity index (χ0) is 23.5. The Balaban J connectivity index is 1.89. The fraction of sp³-hybridized carbons (Fsp3) is 0.0909. The van der Waals surface area contributed by atoms with Gasteiger partial charge in [0.15, 0.2) is 0 Å². The molecule has 0 fully saturated rings. The fourth-order valence-corrected chi connectivity index (χ4v) is 4.41. The number of amides is 1. The van der Waals surface area contributed by atoms with E-state index in [1.54, 1.807) is 18.2 Å². The molecular formula is C22H18Cl2N2O5S. The quantitative estimate of drug-likeness (QED) is 0.496. The highest BCUT2D eigenvalue weighted by molar-refractivity contribution is 7.92. The minimum atomic E-state index is -3.96. The number of rotatable bonds is 6. The third-order valence-electron chi connectivity index (χ3n) is 4.56. The van der Waals surface area contributed by atoms with Crippen LogP contribution in [0.3, 0.4) is 0 Å². The molecule has 0 aliphatic heterocycles. The monoisotopic (exact) mass is 492 g/mol. The second-order valence-electron chi connectivity index (χ2n) is 6.62. The third-order valence-corrected chi connectivity index (χ3v) is 6.91. The van der Waals surface area contributed by atoms with Crippen LogP contribution in [0.25, 0.3) is 0 Å². The summed E-state index contributed by atoms with van der Waals surface area (Å²) in [6.45, 7) is 0. The van der Waals surface area contributed by atoms with Crippen LogP contribution in [0.5, 0.6) is 0 Å². The molecule has 0 atom stereocenters. The van der Waals surface area contributed by atoms with Crippen molar-refractivity contribution in [2.24, 2.45) is 0 Å². The number of ether oxygens (including phenoxy) is 1. The van der Waals surface area contributed by atoms with Gasteiger partial charge in [-0.3, -0.25) is 9.10 Å². The Kier molecular flexibility index (Phi) is 7.08. The second kappa shape index (κ2) is 9.60. The number of hydrogen-bond acceptors (Lipinski definition) is 5. The summed E-state index contributed by atoms with van der Waals surface area (Å²) in [6, 6.07) is 16.2. The molecule has 1 amide bonds. The topological polar surface area (TPSA) is 92.8 Å². The molecule has 10 heteroatoms. The number of anilines is 2. The van der Waals surface area contributed by atoms with Crippen molar-refractivity contribution in [1.82, 2.24) is 0 Å². The van der Waals surface area contributed by atoms with Crippen molar-refractivity contribution in [1.29, 1.82) is 0 Å². The van der Waals surface area contributed by atoms with Crippen molar-refractivity contribution in [3.05, 3.63) is 87.9 Å². The van der Waals surface area contributed by atoms with Gasteiger partial charge >= 0.3 is 5.97 Å². The highest BCUT2D eigenvalue weighted by Gasteiger charge is 2.23. The normalized spacial score (nSPS) is 11.0. The van der Waals surface area contributed by atoms with Crippen LogP contribution >= 0.6 is 23.2 Å². The summed E-state index contributed by atoms with van der Waals surface area (Å²) >= 11 is 12.1. The smallest absolute Gasteiger partial charge is 0.337 e. The van der Waals surface area contributed by atoms with Crippen LogP contribution in [0.4, 0.5) is 11.4 Å². The second-order valence-corrected chi connectivity index (χ2v) is 9.43. The summed E-state index contributed by atoms with van der Waals surface area (Å²) in [5.74, 6) is -1.19. The molecule has 3 aromatic carbocycles. The highest BCUT2D eigenvalue weighted by atomic mass is 35.5. The first-order valence-corrected chi connectivity index (χ1v) is 11.4. The maximum atomic E-state index is 13.1. The van der Waals surface area contributed by atoms with Crippen LogP contribution in [0.2, 0.25) is 10.0 Å². The van der Waals surface area contributed by atoms with Gasteiger partial charge in [-0.2, -0.15) is 0 Å². The van der Waals surface area contributed by atoms with E-state index in [9.17, 15) is 18.0 Å². The van der Waals surface area contributed by atoms with E-state index in [0.717, 1.165) is 4.31 Å². The van der Waals surface area contributed by atoms with Gasteiger partial charge in [0, 0.05) is 17.6 Å². The maximum absolute atomic E-state index is 13.1. The van der Waals surface area contributed by atoms with E-state index in [1.807, 2.05) is 0 Å². The van der Waals surface area contributed by atoms with Gasteiger partial charge in [0.05, 0.1) is 34.0 Å². The molecule has 0 heterocycles. The van der Waals surface area contributed by atoms with E-state index < -0.39 is 21.9 Å². The molecule has 0 saturated heterocycles. The zero-order valence-corrected chi connectivity index (χ0v) is 19.3. The van der Waals surface area contributed by atoms with Gasteiger partial charge in [0.1, 0.15) is 0 Å². The molecule has 0 aliphatic rings. The summed E-state index contributed by atoms with van der Waals surface area (Å²) in [5, 5.41) is 3.18. The zero-order valence-electron chi connectivity index (χ0n) is 17.0. The lowest BCUT2D eigenvalue weighted by Crippen LogP contribution is -2.26. The van der Waals surface area contributed by atoms with E-state index in [1.165, 1.54) is 62.7 Å². The maximum Gasteiger partial charge on any atom is 0.337 e. The van der Waals surface area contributed by atoms with E-state index >= 15 is 0 Å². The minimum absolute atomic E-state index is 0.0815. The average Bonchev–Trinajstić information content (AvgIpc) is 2.79. The largest absolute Gasteiger partial charge is 0.465 e. The average molecular weight is 493 g/mol. The number of nitrogens with one attached hydrogen (secondary N) is 1. The van der Waals surface area contributed by atoms with Gasteiger partial charge in [-0.15, -0.1) is 0 Å². The molecule has 0 saturated carbocycles. The van der Waals surface area contributed by atoms with Crippen LogP contribution in [0.1, 0.15) is 20.7 Å². The van der Waals surface area contributed by atoms with Crippen LogP contribution < -0.4 is 9.62 Å². The molecule has 3 aromatic rings. The first-order chi connectivity index (χ1) is 15.1. The Morgan fingerprint density at radius 2 is 1.66 bits per heavy atom. The molecule has 166 valence electrons. The van der Waals surface area contributed by atoms with Crippen LogP contribution in [-0.4, -0.2) is 34.5 Å². The van der Waals surface area contributed by atoms with Crippen molar-refractivity contribution in [3.8, 4) is 0 Å². The van der Waals surface area contributed by atoms with Gasteiger partial charge in [0.2, 0.25) is 0 Å². The number of halogens is 2. The minimum Gasteiger partial charge on any atom is -0.465 e. The lowest BCUT2D eigenvalue weighted by atomic mass is 10.1. The Labute approximate surface area is 195 Å². The van der Waals surface area contributed by atoms with Crippen molar-refractivity contribution in [2.75, 3.05) is 23.8 Å². The highest BCUT2D eigenvalue weighted by Crippen LogP contribution is 2.27. The van der Waals surface area contributed by atoms with Gasteiger partial charge < -0.3 is 10.1 Å². The Hall–Kier alpha value is -3.07. The molecule has 0 spiro atoms. The van der Waals surface area contributed by atoms with E-state index in [0.29, 0.717) is 10.7 Å². The van der Waals surface area contributed by atoms with Crippen molar-refractivity contribution >= 4 is 56.5 Å². The third kappa shape index (κ3) is 5.04. The van der Waals surface area contributed by atoms with Crippen LogP contribution in [-0.2, 0) is 14.8 Å². The van der Waals surface area contributed by atoms with E-state index in [4.69, 9.17) is 23.2 Å². The Morgan fingerprint density at radius 1 is 0.938 bits per heavy atom. The molecule has 0 radical (unpaired) electrons. The Morgan fingerprint density at radius 3 is 2.34 bits per heavy atom. The van der Waals surface area contributed by atoms with Crippen molar-refractivity contribution < 1.29 is 22.7 Å². The molecule has 0 aliphatic carbocycles. The number of carbonyl (C=O) groups is 2. The van der Waals surface area contributed by atoms with E-state index in [-0.39, 0.29) is 26.7 Å². The Bertz CT molecular complexity index is 1290. The molecule has 0 bridgehead atoms. The van der Waals surface area contributed by atoms with Crippen molar-refractivity contribution in [2.45, 2.75) is 4.90 Å². The number of methoxy groups -OCH3 is 1. The van der Waals surface area contributed by atoms with E-state index in [2.05, 4.69) is 10.1 Å². The number of nitrogens with zero attached hydrogens (tertiary/aromatic N) is 1. The number of esters is 1. The molecule has 7 nitrogen and oxygen atoms in total. The van der Waals surface area contributed by atoms with Crippen LogP contribution in [0.15, 0.2) is 71.6 Å². The van der Waals surface area contributed by atoms with Gasteiger partial charge in [-0.1, -0.05) is 35.3 Å². The molecule has 1 N–H and O–H groups in total. The lowest BCUT2D eigenvalue weighted by molar-refractivity contribution is 0.0600. The first kappa shape index (κ1) is 23.6. The van der Waals surface area contributed by atoms with Gasteiger partial charge in [-0.25, -0.2) is 13.2 Å². The molecular weight excluding hydrogens is 475 g/mol. The van der Waals surface area contributed by atoms with Crippen LogP contribution in [0, 0.1) is 0 Å². The summed E-state index contributed by atoms with van der Waals surface area (Å²) in [5.41, 5.74) is 0.847. The molecule has 3 rings (SSSR count). The number of benzene rings is 3. The molecule has 32 heavy (non-hydrogen) atoms. The lowest BCUT2D eigenvalue weighted by Gasteiger charge is -2.20. The summed E-state index contributed by atoms with van der Waals surface area (Å²) in [7, 11) is -1.33. The summed E-state index contributed by atoms with van der Waals surface area (Å²) in [6.07, 6.45) is 0. The number of hydrogen-bond donors (Lipinski definition) is 1. The SMILES string of the molecule is COC(=O)c1ccc(Cl)c(NC(=O)c2cccc(S(=O)(=O)N(C)c3cccc(Cl)c3)c2)c1. The summed E-state index contributed by atoms with van der Waals surface area (Å²) in [4.78, 5) is 24.4.